The van der Waals surface area contributed by atoms with Crippen LogP contribution in [0.4, 0.5) is 0 Å². The van der Waals surface area contributed by atoms with Crippen LogP contribution in [0.15, 0.2) is 34.3 Å². The highest BCUT2D eigenvalue weighted by molar-refractivity contribution is 7.99. The van der Waals surface area contributed by atoms with E-state index in [1.54, 1.807) is 22.8 Å². The molecule has 1 fully saturated rings. The SMILES string of the molecule is CCN(CC)S(=O)(=O)c1cccc(-c2nnc(SCC(=O)NC3CCCC(C)C3C)n2C)c1. The Morgan fingerprint density at radius 3 is 2.64 bits per heavy atom. The van der Waals surface area contributed by atoms with E-state index >= 15 is 0 Å². The molecule has 1 N–H and O–H groups in total. The number of thioether (sulfide) groups is 1. The van der Waals surface area contributed by atoms with Gasteiger partial charge >= 0.3 is 0 Å². The van der Waals surface area contributed by atoms with Crippen LogP contribution in [0.1, 0.15) is 47.0 Å². The largest absolute Gasteiger partial charge is 0.352 e. The molecule has 8 nitrogen and oxygen atoms in total. The summed E-state index contributed by atoms with van der Waals surface area (Å²) in [5.41, 5.74) is 0.666. The molecule has 1 heterocycles. The van der Waals surface area contributed by atoms with Crippen LogP contribution in [0.3, 0.4) is 0 Å². The van der Waals surface area contributed by atoms with Crippen molar-refractivity contribution < 1.29 is 13.2 Å². The predicted molar refractivity (Wildman–Crippen MR) is 131 cm³/mol. The van der Waals surface area contributed by atoms with Gasteiger partial charge in [-0.2, -0.15) is 4.31 Å². The molecule has 10 heteroatoms. The van der Waals surface area contributed by atoms with Gasteiger partial charge in [0.1, 0.15) is 0 Å². The van der Waals surface area contributed by atoms with E-state index in [1.165, 1.54) is 22.5 Å². The second-order valence-electron chi connectivity index (χ2n) is 8.71. The van der Waals surface area contributed by atoms with Crippen LogP contribution in [-0.4, -0.2) is 58.3 Å². The number of nitrogens with zero attached hydrogens (tertiary/aromatic N) is 4. The predicted octanol–water partition coefficient (Wildman–Crippen LogP) is 3.55. The van der Waals surface area contributed by atoms with E-state index in [1.807, 2.05) is 27.0 Å². The van der Waals surface area contributed by atoms with Crippen molar-refractivity contribution in [3.63, 3.8) is 0 Å². The number of carbonyl (C=O) groups is 1. The molecule has 1 aromatic carbocycles. The average Bonchev–Trinajstić information content (AvgIpc) is 3.16. The number of hydrogen-bond acceptors (Lipinski definition) is 6. The Kier molecular flexibility index (Phi) is 8.58. The van der Waals surface area contributed by atoms with Crippen molar-refractivity contribution in [1.29, 1.82) is 0 Å². The van der Waals surface area contributed by atoms with Gasteiger partial charge in [-0.15, -0.1) is 10.2 Å². The number of amides is 1. The van der Waals surface area contributed by atoms with E-state index in [4.69, 9.17) is 0 Å². The van der Waals surface area contributed by atoms with Crippen LogP contribution < -0.4 is 5.32 Å². The highest BCUT2D eigenvalue weighted by Crippen LogP contribution is 2.30. The molecule has 1 aliphatic rings. The maximum atomic E-state index is 12.9. The van der Waals surface area contributed by atoms with Crippen LogP contribution >= 0.6 is 11.8 Å². The van der Waals surface area contributed by atoms with E-state index in [0.717, 1.165) is 12.8 Å². The molecule has 3 rings (SSSR count). The zero-order valence-corrected chi connectivity index (χ0v) is 21.7. The maximum Gasteiger partial charge on any atom is 0.243 e. The van der Waals surface area contributed by atoms with Gasteiger partial charge in [-0.25, -0.2) is 8.42 Å². The van der Waals surface area contributed by atoms with Crippen molar-refractivity contribution in [3.8, 4) is 11.4 Å². The highest BCUT2D eigenvalue weighted by atomic mass is 32.2. The first-order chi connectivity index (χ1) is 15.7. The lowest BCUT2D eigenvalue weighted by Crippen LogP contribution is -2.44. The van der Waals surface area contributed by atoms with Crippen LogP contribution in [0.2, 0.25) is 0 Å². The van der Waals surface area contributed by atoms with E-state index in [0.29, 0.717) is 41.5 Å². The minimum Gasteiger partial charge on any atom is -0.352 e. The number of rotatable bonds is 9. The number of aromatic nitrogens is 3. The lowest BCUT2D eigenvalue weighted by molar-refractivity contribution is -0.120. The van der Waals surface area contributed by atoms with Gasteiger partial charge in [-0.1, -0.05) is 64.4 Å². The first kappa shape index (κ1) is 25.7. The molecule has 33 heavy (non-hydrogen) atoms. The van der Waals surface area contributed by atoms with E-state index in [9.17, 15) is 13.2 Å². The molecule has 1 saturated carbocycles. The zero-order valence-electron chi connectivity index (χ0n) is 20.1. The van der Waals surface area contributed by atoms with Crippen LogP contribution in [0.5, 0.6) is 0 Å². The Morgan fingerprint density at radius 2 is 1.94 bits per heavy atom. The normalized spacial score (nSPS) is 21.3. The summed E-state index contributed by atoms with van der Waals surface area (Å²) in [6.07, 6.45) is 3.41. The molecule has 1 amide bonds. The Balaban J connectivity index is 1.69. The van der Waals surface area contributed by atoms with Crippen LogP contribution in [0.25, 0.3) is 11.4 Å². The third kappa shape index (κ3) is 5.78. The third-order valence-corrected chi connectivity index (χ3v) is 9.72. The lowest BCUT2D eigenvalue weighted by Gasteiger charge is -2.34. The molecule has 3 atom stereocenters. The second kappa shape index (κ2) is 11.0. The summed E-state index contributed by atoms with van der Waals surface area (Å²) >= 11 is 1.33. The van der Waals surface area contributed by atoms with Crippen molar-refractivity contribution >= 4 is 27.7 Å². The summed E-state index contributed by atoms with van der Waals surface area (Å²) in [6, 6.07) is 6.99. The Hall–Kier alpha value is -1.91. The minimum atomic E-state index is -3.56. The fourth-order valence-electron chi connectivity index (χ4n) is 4.36. The fraction of sp³-hybridized carbons (Fsp3) is 0.609. The molecule has 0 spiro atoms. The smallest absolute Gasteiger partial charge is 0.243 e. The summed E-state index contributed by atoms with van der Waals surface area (Å²) in [4.78, 5) is 12.8. The number of benzene rings is 1. The monoisotopic (exact) mass is 493 g/mol. The first-order valence-corrected chi connectivity index (χ1v) is 14.0. The van der Waals surface area contributed by atoms with Gasteiger partial charge in [0, 0.05) is 31.7 Å². The summed E-state index contributed by atoms with van der Waals surface area (Å²) in [7, 11) is -1.74. The fourth-order valence-corrected chi connectivity index (χ4v) is 6.59. The van der Waals surface area contributed by atoms with Gasteiger partial charge in [0.05, 0.1) is 10.6 Å². The summed E-state index contributed by atoms with van der Waals surface area (Å²) in [5, 5.41) is 12.3. The van der Waals surface area contributed by atoms with E-state index in [2.05, 4.69) is 29.4 Å². The van der Waals surface area contributed by atoms with Gasteiger partial charge in [-0.3, -0.25) is 4.79 Å². The third-order valence-electron chi connectivity index (χ3n) is 6.66. The molecule has 1 aliphatic carbocycles. The van der Waals surface area contributed by atoms with E-state index < -0.39 is 10.0 Å². The summed E-state index contributed by atoms with van der Waals surface area (Å²) in [5.74, 6) is 1.93. The first-order valence-electron chi connectivity index (χ1n) is 11.6. The van der Waals surface area contributed by atoms with Crippen molar-refractivity contribution in [2.45, 2.75) is 63.1 Å². The van der Waals surface area contributed by atoms with Crippen molar-refractivity contribution in [2.24, 2.45) is 18.9 Å². The van der Waals surface area contributed by atoms with Gasteiger partial charge in [0.25, 0.3) is 0 Å². The van der Waals surface area contributed by atoms with Gasteiger partial charge < -0.3 is 9.88 Å². The molecular weight excluding hydrogens is 458 g/mol. The molecule has 0 saturated heterocycles. The van der Waals surface area contributed by atoms with Gasteiger partial charge in [0.15, 0.2) is 11.0 Å². The summed E-state index contributed by atoms with van der Waals surface area (Å²) < 4.78 is 29.0. The van der Waals surface area contributed by atoms with Crippen molar-refractivity contribution in [3.05, 3.63) is 24.3 Å². The van der Waals surface area contributed by atoms with Crippen LogP contribution in [-0.2, 0) is 21.9 Å². The van der Waals surface area contributed by atoms with Crippen molar-refractivity contribution in [1.82, 2.24) is 24.4 Å². The standard InChI is InChI=1S/C23H35N5O3S2/c1-6-28(7-2)33(30,31)19-12-9-11-18(14-19)22-25-26-23(27(22)5)32-15-21(29)24-20-13-8-10-16(3)17(20)4/h9,11-12,14,16-17,20H,6-8,10,13,15H2,1-5H3,(H,24,29). The molecular formula is C23H35N5O3S2. The van der Waals surface area contributed by atoms with Gasteiger partial charge in [0.2, 0.25) is 15.9 Å². The number of carbonyl (C=O) groups excluding carboxylic acids is 1. The van der Waals surface area contributed by atoms with Gasteiger partial charge in [-0.05, 0) is 30.4 Å². The van der Waals surface area contributed by atoms with E-state index in [-0.39, 0.29) is 22.6 Å². The zero-order chi connectivity index (χ0) is 24.2. The second-order valence-corrected chi connectivity index (χ2v) is 11.6. The molecule has 0 radical (unpaired) electrons. The lowest BCUT2D eigenvalue weighted by atomic mass is 9.78. The molecule has 2 aromatic rings. The Morgan fingerprint density at radius 1 is 1.21 bits per heavy atom. The Bertz CT molecular complexity index is 1070. The molecule has 1 aromatic heterocycles. The topological polar surface area (TPSA) is 97.2 Å². The molecule has 3 unspecified atom stereocenters. The number of nitrogens with one attached hydrogen (secondary N) is 1. The van der Waals surface area contributed by atoms with Crippen LogP contribution in [0, 0.1) is 11.8 Å². The minimum absolute atomic E-state index is 0.00260. The molecule has 182 valence electrons. The quantitative estimate of drug-likeness (QED) is 0.537. The Labute approximate surface area is 201 Å². The summed E-state index contributed by atoms with van der Waals surface area (Å²) in [6.45, 7) is 8.93. The van der Waals surface area contributed by atoms with Crippen molar-refractivity contribution in [2.75, 3.05) is 18.8 Å². The molecule has 0 bridgehead atoms. The maximum absolute atomic E-state index is 12.9. The number of sulfonamides is 1. The number of hydrogen-bond donors (Lipinski definition) is 1. The highest BCUT2D eigenvalue weighted by Gasteiger charge is 2.28. The molecule has 0 aliphatic heterocycles. The average molecular weight is 494 g/mol.